The Hall–Kier alpha value is -3.30. The fourth-order valence-corrected chi connectivity index (χ4v) is 1.86. The zero-order valence-electron chi connectivity index (χ0n) is 13.0. The molecule has 26 heavy (non-hydrogen) atoms. The number of nitrogens with zero attached hydrogens (tertiary/aromatic N) is 1. The van der Waals surface area contributed by atoms with Gasteiger partial charge in [0.1, 0.15) is 11.5 Å². The van der Waals surface area contributed by atoms with Gasteiger partial charge in [0.05, 0.1) is 6.21 Å². The Morgan fingerprint density at radius 3 is 2.31 bits per heavy atom. The molecule has 1 amide bonds. The Morgan fingerprint density at radius 1 is 1.04 bits per heavy atom. The molecule has 0 unspecified atom stereocenters. The van der Waals surface area contributed by atoms with Crippen molar-refractivity contribution < 1.29 is 31.8 Å². The van der Waals surface area contributed by atoms with Crippen molar-refractivity contribution in [1.29, 1.82) is 0 Å². The van der Waals surface area contributed by atoms with Gasteiger partial charge >= 0.3 is 13.2 Å². The van der Waals surface area contributed by atoms with E-state index in [9.17, 15) is 22.4 Å². The third kappa shape index (κ3) is 5.65. The number of benzene rings is 2. The van der Waals surface area contributed by atoms with Crippen LogP contribution in [-0.2, 0) is 0 Å². The Bertz CT molecular complexity index is 783. The largest absolute Gasteiger partial charge is 0.435 e. The van der Waals surface area contributed by atoms with Gasteiger partial charge in [-0.3, -0.25) is 4.79 Å². The van der Waals surface area contributed by atoms with Crippen molar-refractivity contribution in [3.63, 3.8) is 0 Å². The van der Waals surface area contributed by atoms with Crippen LogP contribution in [0.2, 0.25) is 0 Å². The van der Waals surface area contributed by atoms with Gasteiger partial charge in [0.15, 0.2) is 0 Å². The number of hydrogen-bond acceptors (Lipinski definition) is 5. The number of carbonyl (C=O) groups excluding carboxylic acids is 1. The van der Waals surface area contributed by atoms with E-state index < -0.39 is 24.9 Å². The number of rotatable bonds is 7. The highest BCUT2D eigenvalue weighted by molar-refractivity contribution is 5.95. The van der Waals surface area contributed by atoms with E-state index >= 15 is 0 Å². The van der Waals surface area contributed by atoms with E-state index in [2.05, 4.69) is 20.0 Å². The number of nitrogens with one attached hydrogen (secondary N) is 1. The number of anilines is 1. The monoisotopic (exact) mass is 371 g/mol. The van der Waals surface area contributed by atoms with E-state index in [0.717, 1.165) is 18.3 Å². The molecule has 0 radical (unpaired) electrons. The minimum absolute atomic E-state index is 0.0181. The third-order valence-corrected chi connectivity index (χ3v) is 2.97. The van der Waals surface area contributed by atoms with E-state index in [0.29, 0.717) is 5.69 Å². The lowest BCUT2D eigenvalue weighted by atomic mass is 10.2. The average Bonchev–Trinajstić information content (AvgIpc) is 2.56. The first-order valence-corrected chi connectivity index (χ1v) is 7.08. The second-order valence-corrected chi connectivity index (χ2v) is 4.78. The summed E-state index contributed by atoms with van der Waals surface area (Å²) in [6.45, 7) is -6.30. The molecule has 2 rings (SSSR count). The van der Waals surface area contributed by atoms with Gasteiger partial charge in [-0.2, -0.15) is 22.7 Å². The fourth-order valence-electron chi connectivity index (χ4n) is 1.86. The van der Waals surface area contributed by atoms with Gasteiger partial charge in [-0.1, -0.05) is 0 Å². The quantitative estimate of drug-likeness (QED) is 0.339. The number of halogens is 4. The zero-order chi connectivity index (χ0) is 19.1. The number of nitrogen functional groups attached to an aromatic ring is 1. The van der Waals surface area contributed by atoms with Gasteiger partial charge in [-0.15, -0.1) is 0 Å². The lowest BCUT2D eigenvalue weighted by molar-refractivity contribution is -0.0543. The second kappa shape index (κ2) is 8.70. The maximum atomic E-state index is 12.5. The zero-order valence-corrected chi connectivity index (χ0v) is 13.0. The number of hydrogen-bond donors (Lipinski definition) is 2. The highest BCUT2D eigenvalue weighted by Gasteiger charge is 2.12. The van der Waals surface area contributed by atoms with Gasteiger partial charge in [0.25, 0.3) is 5.91 Å². The van der Waals surface area contributed by atoms with E-state index in [1.165, 1.54) is 30.3 Å². The van der Waals surface area contributed by atoms with E-state index in [-0.39, 0.29) is 16.9 Å². The summed E-state index contributed by atoms with van der Waals surface area (Å²) >= 11 is 0. The molecule has 0 saturated heterocycles. The third-order valence-electron chi connectivity index (χ3n) is 2.97. The second-order valence-electron chi connectivity index (χ2n) is 4.78. The average molecular weight is 371 g/mol. The lowest BCUT2D eigenvalue weighted by Crippen LogP contribution is -2.17. The predicted octanol–water partition coefficient (Wildman–Crippen LogP) is 3.24. The molecule has 3 N–H and O–H groups in total. The van der Waals surface area contributed by atoms with Crippen LogP contribution in [0, 0.1) is 0 Å². The summed E-state index contributed by atoms with van der Waals surface area (Å²) in [7, 11) is 0. The molecule has 138 valence electrons. The summed E-state index contributed by atoms with van der Waals surface area (Å²) in [5.74, 6) is -1.36. The smallest absolute Gasteiger partial charge is 0.387 e. The summed E-state index contributed by atoms with van der Waals surface area (Å²) in [5, 5.41) is 3.63. The Morgan fingerprint density at radius 2 is 1.69 bits per heavy atom. The molecule has 10 heteroatoms. The van der Waals surface area contributed by atoms with Crippen molar-refractivity contribution in [2.45, 2.75) is 13.2 Å². The molecule has 2 aromatic rings. The van der Waals surface area contributed by atoms with Crippen LogP contribution >= 0.6 is 0 Å². The maximum Gasteiger partial charge on any atom is 0.387 e. The number of ether oxygens (including phenoxy) is 2. The van der Waals surface area contributed by atoms with Crippen LogP contribution in [0.4, 0.5) is 23.2 Å². The Balaban J connectivity index is 2.12. The molecule has 0 bridgehead atoms. The normalized spacial score (nSPS) is 11.2. The SMILES string of the molecule is Nc1ccc(C(=O)N/N=C/c2ccc(OC(F)F)cc2OC(F)F)cc1. The summed E-state index contributed by atoms with van der Waals surface area (Å²) < 4.78 is 57.7. The van der Waals surface area contributed by atoms with Gasteiger partial charge in [-0.25, -0.2) is 5.43 Å². The lowest BCUT2D eigenvalue weighted by Gasteiger charge is -2.10. The van der Waals surface area contributed by atoms with Gasteiger partial charge in [-0.05, 0) is 36.4 Å². The van der Waals surface area contributed by atoms with Crippen LogP contribution in [0.1, 0.15) is 15.9 Å². The summed E-state index contributed by atoms with van der Waals surface area (Å²) in [5.41, 5.74) is 8.47. The van der Waals surface area contributed by atoms with Crippen LogP contribution in [-0.4, -0.2) is 25.3 Å². The van der Waals surface area contributed by atoms with E-state index in [4.69, 9.17) is 5.73 Å². The minimum atomic E-state index is -3.19. The number of carbonyl (C=O) groups is 1. The van der Waals surface area contributed by atoms with Crippen molar-refractivity contribution >= 4 is 17.8 Å². The fraction of sp³-hybridized carbons (Fsp3) is 0.125. The molecule has 0 atom stereocenters. The number of nitrogens with two attached hydrogens (primary N) is 1. The first-order valence-electron chi connectivity index (χ1n) is 7.08. The molecule has 2 aromatic carbocycles. The molecule has 6 nitrogen and oxygen atoms in total. The van der Waals surface area contributed by atoms with Crippen LogP contribution in [0.15, 0.2) is 47.6 Å². The van der Waals surface area contributed by atoms with Gasteiger partial charge in [0.2, 0.25) is 0 Å². The molecule has 0 aliphatic heterocycles. The first kappa shape index (κ1) is 19.0. The Labute approximate surface area is 145 Å². The van der Waals surface area contributed by atoms with Crippen molar-refractivity contribution in [2.24, 2.45) is 5.10 Å². The Kier molecular flexibility index (Phi) is 6.36. The highest BCUT2D eigenvalue weighted by atomic mass is 19.3. The van der Waals surface area contributed by atoms with Crippen molar-refractivity contribution in [1.82, 2.24) is 5.43 Å². The number of amides is 1. The first-order chi connectivity index (χ1) is 12.3. The van der Waals surface area contributed by atoms with Crippen molar-refractivity contribution in [3.05, 3.63) is 53.6 Å². The molecule has 0 aliphatic carbocycles. The molecule has 0 heterocycles. The molecule has 0 spiro atoms. The topological polar surface area (TPSA) is 85.9 Å². The molecule has 0 aliphatic rings. The van der Waals surface area contributed by atoms with Crippen LogP contribution < -0.4 is 20.6 Å². The van der Waals surface area contributed by atoms with Crippen molar-refractivity contribution in [2.75, 3.05) is 5.73 Å². The van der Waals surface area contributed by atoms with Gasteiger partial charge < -0.3 is 15.2 Å². The maximum absolute atomic E-state index is 12.5. The molecule has 0 aromatic heterocycles. The van der Waals surface area contributed by atoms with Gasteiger partial charge in [0, 0.05) is 22.9 Å². The van der Waals surface area contributed by atoms with Crippen LogP contribution in [0.5, 0.6) is 11.5 Å². The summed E-state index contributed by atoms with van der Waals surface area (Å²) in [6.07, 6.45) is 1.03. The molecular weight excluding hydrogens is 358 g/mol. The minimum Gasteiger partial charge on any atom is -0.435 e. The molecule has 0 saturated carbocycles. The summed E-state index contributed by atoms with van der Waals surface area (Å²) in [4.78, 5) is 11.9. The van der Waals surface area contributed by atoms with Crippen LogP contribution in [0.25, 0.3) is 0 Å². The van der Waals surface area contributed by atoms with Crippen molar-refractivity contribution in [3.8, 4) is 11.5 Å². The highest BCUT2D eigenvalue weighted by Crippen LogP contribution is 2.26. The molecule has 0 fully saturated rings. The molecular formula is C16H13F4N3O3. The number of hydrazone groups is 1. The van der Waals surface area contributed by atoms with E-state index in [1.54, 1.807) is 0 Å². The predicted molar refractivity (Wildman–Crippen MR) is 85.6 cm³/mol. The summed E-state index contributed by atoms with van der Waals surface area (Å²) in [6, 6.07) is 9.15. The van der Waals surface area contributed by atoms with E-state index in [1.807, 2.05) is 0 Å². The standard InChI is InChI=1S/C16H13F4N3O3/c17-15(18)25-12-6-3-10(13(7-12)26-16(19)20)8-22-23-14(24)9-1-4-11(21)5-2-9/h1-8,15-16H,21H2,(H,23,24)/b22-8+. The number of alkyl halides is 4. The van der Waals surface area contributed by atoms with Crippen LogP contribution in [0.3, 0.4) is 0 Å².